The molecule has 0 saturated heterocycles. The first kappa shape index (κ1) is 18.1. The van der Waals surface area contributed by atoms with E-state index >= 15 is 0 Å². The van der Waals surface area contributed by atoms with Gasteiger partial charge in [-0.1, -0.05) is 15.9 Å². The van der Waals surface area contributed by atoms with E-state index in [1.807, 2.05) is 32.0 Å². The summed E-state index contributed by atoms with van der Waals surface area (Å²) in [6.07, 6.45) is 0. The fourth-order valence-corrected chi connectivity index (χ4v) is 3.06. The summed E-state index contributed by atoms with van der Waals surface area (Å²) in [6.45, 7) is 4.42. The largest absolute Gasteiger partial charge is 0.493 e. The van der Waals surface area contributed by atoms with Crippen LogP contribution in [0, 0.1) is 10.5 Å². The number of benzene rings is 2. The Morgan fingerprint density at radius 1 is 1.30 bits per heavy atom. The SMILES string of the molecule is CCOc1c(I)cc(C(=O)Nc2ccc(Br)c(C)c2)cc1OC. The highest BCUT2D eigenvalue weighted by Crippen LogP contribution is 2.34. The summed E-state index contributed by atoms with van der Waals surface area (Å²) < 4.78 is 12.8. The summed E-state index contributed by atoms with van der Waals surface area (Å²) in [5, 5.41) is 2.90. The predicted molar refractivity (Wildman–Crippen MR) is 104 cm³/mol. The third-order valence-electron chi connectivity index (χ3n) is 3.20. The molecule has 0 fully saturated rings. The summed E-state index contributed by atoms with van der Waals surface area (Å²) >= 11 is 5.59. The standard InChI is InChI=1S/C17H17BrINO3/c1-4-23-16-14(19)8-11(9-15(16)22-3)17(21)20-12-5-6-13(18)10(2)7-12/h5-9H,4H2,1-3H3,(H,20,21). The van der Waals surface area contributed by atoms with Gasteiger partial charge in [0.2, 0.25) is 0 Å². The lowest BCUT2D eigenvalue weighted by Gasteiger charge is -2.13. The lowest BCUT2D eigenvalue weighted by atomic mass is 10.1. The third-order valence-corrected chi connectivity index (χ3v) is 4.89. The van der Waals surface area contributed by atoms with Crippen LogP contribution in [0.3, 0.4) is 0 Å². The summed E-state index contributed by atoms with van der Waals surface area (Å²) in [5.74, 6) is 1.02. The Bertz CT molecular complexity index is 734. The van der Waals surface area contributed by atoms with Gasteiger partial charge in [-0.3, -0.25) is 4.79 Å². The van der Waals surface area contributed by atoms with Crippen LogP contribution in [-0.2, 0) is 0 Å². The van der Waals surface area contributed by atoms with Gasteiger partial charge in [0.05, 0.1) is 17.3 Å². The molecule has 0 bridgehead atoms. The van der Waals surface area contributed by atoms with Gasteiger partial charge in [0.25, 0.3) is 5.91 Å². The minimum Gasteiger partial charge on any atom is -0.493 e. The molecule has 0 heterocycles. The Balaban J connectivity index is 2.28. The molecule has 2 aromatic rings. The van der Waals surface area contributed by atoms with E-state index in [4.69, 9.17) is 9.47 Å². The van der Waals surface area contributed by atoms with Crippen LogP contribution >= 0.6 is 38.5 Å². The quantitative estimate of drug-likeness (QED) is 0.600. The second kappa shape index (κ2) is 8.01. The van der Waals surface area contributed by atoms with E-state index in [1.165, 1.54) is 0 Å². The number of nitrogens with one attached hydrogen (secondary N) is 1. The maximum absolute atomic E-state index is 12.5. The Kier molecular flexibility index (Phi) is 6.29. The average Bonchev–Trinajstić information content (AvgIpc) is 2.52. The maximum Gasteiger partial charge on any atom is 0.255 e. The summed E-state index contributed by atoms with van der Waals surface area (Å²) in [5.41, 5.74) is 2.33. The number of carbonyl (C=O) groups excluding carboxylic acids is 1. The molecule has 0 aliphatic heterocycles. The molecule has 2 rings (SSSR count). The summed E-state index contributed by atoms with van der Waals surface area (Å²) in [4.78, 5) is 12.5. The van der Waals surface area contributed by atoms with Crippen LogP contribution in [0.25, 0.3) is 0 Å². The van der Waals surface area contributed by atoms with Crippen molar-refractivity contribution >= 4 is 50.1 Å². The molecule has 0 aliphatic carbocycles. The van der Waals surface area contributed by atoms with Crippen molar-refractivity contribution in [3.8, 4) is 11.5 Å². The molecule has 0 spiro atoms. The average molecular weight is 490 g/mol. The molecule has 6 heteroatoms. The van der Waals surface area contributed by atoms with Crippen molar-refractivity contribution in [3.63, 3.8) is 0 Å². The minimum atomic E-state index is -0.189. The van der Waals surface area contributed by atoms with Crippen LogP contribution in [0.5, 0.6) is 11.5 Å². The smallest absolute Gasteiger partial charge is 0.255 e. The highest BCUT2D eigenvalue weighted by atomic mass is 127. The molecule has 0 aromatic heterocycles. The first-order valence-electron chi connectivity index (χ1n) is 7.04. The number of methoxy groups -OCH3 is 1. The second-order valence-electron chi connectivity index (χ2n) is 4.84. The van der Waals surface area contributed by atoms with Gasteiger partial charge in [-0.2, -0.15) is 0 Å². The first-order chi connectivity index (χ1) is 11.0. The Hall–Kier alpha value is -1.28. The molecule has 0 radical (unpaired) electrons. The van der Waals surface area contributed by atoms with E-state index in [1.54, 1.807) is 19.2 Å². The van der Waals surface area contributed by atoms with Crippen molar-refractivity contribution in [1.29, 1.82) is 0 Å². The number of ether oxygens (including phenoxy) is 2. The first-order valence-corrected chi connectivity index (χ1v) is 8.91. The molecule has 4 nitrogen and oxygen atoms in total. The highest BCUT2D eigenvalue weighted by Gasteiger charge is 2.15. The van der Waals surface area contributed by atoms with Gasteiger partial charge >= 0.3 is 0 Å². The molecule has 2 aromatic carbocycles. The number of hydrogen-bond donors (Lipinski definition) is 1. The molecular formula is C17H17BrINO3. The number of carbonyl (C=O) groups is 1. The second-order valence-corrected chi connectivity index (χ2v) is 6.86. The Labute approximate surface area is 157 Å². The van der Waals surface area contributed by atoms with Gasteiger partial charge in [0.1, 0.15) is 0 Å². The van der Waals surface area contributed by atoms with E-state index in [-0.39, 0.29) is 5.91 Å². The predicted octanol–water partition coefficient (Wildman–Crippen LogP) is 5.02. The molecule has 0 saturated carbocycles. The van der Waals surface area contributed by atoms with Crippen molar-refractivity contribution in [2.45, 2.75) is 13.8 Å². The molecule has 23 heavy (non-hydrogen) atoms. The zero-order valence-electron chi connectivity index (χ0n) is 13.1. The van der Waals surface area contributed by atoms with Gasteiger partial charge < -0.3 is 14.8 Å². The summed E-state index contributed by atoms with van der Waals surface area (Å²) in [7, 11) is 1.56. The molecule has 0 atom stereocenters. The van der Waals surface area contributed by atoms with Crippen LogP contribution in [0.4, 0.5) is 5.69 Å². The fraction of sp³-hybridized carbons (Fsp3) is 0.235. The van der Waals surface area contributed by atoms with Crippen molar-refractivity contribution in [2.75, 3.05) is 19.0 Å². The number of hydrogen-bond acceptors (Lipinski definition) is 3. The van der Waals surface area contributed by atoms with Crippen molar-refractivity contribution < 1.29 is 14.3 Å². The number of halogens is 2. The minimum absolute atomic E-state index is 0.189. The molecule has 122 valence electrons. The van der Waals surface area contributed by atoms with E-state index in [2.05, 4.69) is 43.8 Å². The van der Waals surface area contributed by atoms with Gasteiger partial charge in [-0.15, -0.1) is 0 Å². The monoisotopic (exact) mass is 489 g/mol. The topological polar surface area (TPSA) is 47.6 Å². The zero-order valence-corrected chi connectivity index (χ0v) is 16.8. The van der Waals surface area contributed by atoms with Crippen LogP contribution in [0.1, 0.15) is 22.8 Å². The molecule has 0 aliphatic rings. The van der Waals surface area contributed by atoms with E-state index in [0.717, 1.165) is 19.3 Å². The van der Waals surface area contributed by atoms with Crippen LogP contribution in [0.2, 0.25) is 0 Å². The Morgan fingerprint density at radius 3 is 2.65 bits per heavy atom. The molecule has 0 unspecified atom stereocenters. The summed E-state index contributed by atoms with van der Waals surface area (Å²) in [6, 6.07) is 9.15. The van der Waals surface area contributed by atoms with Crippen LogP contribution < -0.4 is 14.8 Å². The van der Waals surface area contributed by atoms with E-state index < -0.39 is 0 Å². The highest BCUT2D eigenvalue weighted by molar-refractivity contribution is 14.1. The lowest BCUT2D eigenvalue weighted by Crippen LogP contribution is -2.13. The van der Waals surface area contributed by atoms with Crippen molar-refractivity contribution in [1.82, 2.24) is 0 Å². The third kappa shape index (κ3) is 4.38. The van der Waals surface area contributed by atoms with E-state index in [9.17, 15) is 4.79 Å². The van der Waals surface area contributed by atoms with Crippen molar-refractivity contribution in [2.24, 2.45) is 0 Å². The van der Waals surface area contributed by atoms with Gasteiger partial charge in [-0.25, -0.2) is 0 Å². The van der Waals surface area contributed by atoms with Gasteiger partial charge in [0, 0.05) is 15.7 Å². The number of amides is 1. The zero-order chi connectivity index (χ0) is 17.0. The van der Waals surface area contributed by atoms with Crippen molar-refractivity contribution in [3.05, 3.63) is 49.5 Å². The molecule has 1 amide bonds. The fourth-order valence-electron chi connectivity index (χ4n) is 2.06. The van der Waals surface area contributed by atoms with Crippen LogP contribution in [0.15, 0.2) is 34.8 Å². The normalized spacial score (nSPS) is 10.3. The Morgan fingerprint density at radius 2 is 2.04 bits per heavy atom. The van der Waals surface area contributed by atoms with Gasteiger partial charge in [0.15, 0.2) is 11.5 Å². The van der Waals surface area contributed by atoms with E-state index in [0.29, 0.717) is 23.7 Å². The number of anilines is 1. The molecule has 1 N–H and O–H groups in total. The molecular weight excluding hydrogens is 473 g/mol. The maximum atomic E-state index is 12.5. The van der Waals surface area contributed by atoms with Crippen LogP contribution in [-0.4, -0.2) is 19.6 Å². The number of aryl methyl sites for hydroxylation is 1. The lowest BCUT2D eigenvalue weighted by molar-refractivity contribution is 0.102. The van der Waals surface area contributed by atoms with Gasteiger partial charge in [-0.05, 0) is 72.3 Å². The number of rotatable bonds is 5.